The molecule has 9 heteroatoms. The predicted octanol–water partition coefficient (Wildman–Crippen LogP) is 3.15. The van der Waals surface area contributed by atoms with E-state index < -0.39 is 5.69 Å². The largest absolute Gasteiger partial charge is 0.448 e. The summed E-state index contributed by atoms with van der Waals surface area (Å²) in [4.78, 5) is 26.2. The maximum Gasteiger partial charge on any atom is 0.331 e. The van der Waals surface area contributed by atoms with Gasteiger partial charge in [0, 0.05) is 25.9 Å². The predicted molar refractivity (Wildman–Crippen MR) is 122 cm³/mol. The molecule has 3 aromatic heterocycles. The van der Waals surface area contributed by atoms with Gasteiger partial charge in [0.25, 0.3) is 5.56 Å². The molecule has 0 aliphatic carbocycles. The van der Waals surface area contributed by atoms with Crippen molar-refractivity contribution in [1.82, 2.24) is 13.7 Å². The van der Waals surface area contributed by atoms with Gasteiger partial charge in [-0.3, -0.25) is 13.9 Å². The molecule has 2 atom stereocenters. The maximum absolute atomic E-state index is 13.3. The van der Waals surface area contributed by atoms with E-state index in [0.717, 1.165) is 21.5 Å². The van der Waals surface area contributed by atoms with Crippen molar-refractivity contribution in [2.45, 2.75) is 17.0 Å². The molecule has 0 fully saturated rings. The van der Waals surface area contributed by atoms with Crippen molar-refractivity contribution in [3.63, 3.8) is 0 Å². The molecule has 7 nitrogen and oxygen atoms in total. The van der Waals surface area contributed by atoms with E-state index in [4.69, 9.17) is 16.0 Å². The number of aliphatic hydroxyl groups is 1. The number of aryl methyl sites for hydroxylation is 1. The Morgan fingerprint density at radius 1 is 1.13 bits per heavy atom. The Morgan fingerprint density at radius 3 is 2.52 bits per heavy atom. The first-order chi connectivity index (χ1) is 14.9. The SMILES string of the molecule is Cn1c(=O)c2c(-c3ccccc3)n3c(c2n(C)c1=O)C(c1ccc(Cl)o1)SC(CO)C3. The molecule has 4 heterocycles. The van der Waals surface area contributed by atoms with Gasteiger partial charge in [-0.05, 0) is 29.3 Å². The standard InChI is InChI=1S/C22H20ClN3O4S/c1-24-18-16(21(28)25(2)22(24)29)17(12-6-4-3-5-7-12)26-10-13(11-27)31-20(19(18)26)14-8-9-15(23)30-14/h3-9,13,20,27H,10-11H2,1-2H3. The highest BCUT2D eigenvalue weighted by molar-refractivity contribution is 8.00. The van der Waals surface area contributed by atoms with E-state index in [0.29, 0.717) is 23.2 Å². The molecule has 1 aliphatic heterocycles. The second-order valence-electron chi connectivity index (χ2n) is 7.60. The van der Waals surface area contributed by atoms with Crippen LogP contribution in [0.25, 0.3) is 22.2 Å². The highest BCUT2D eigenvalue weighted by atomic mass is 35.5. The average Bonchev–Trinajstić information content (AvgIpc) is 3.37. The Labute approximate surface area is 186 Å². The summed E-state index contributed by atoms with van der Waals surface area (Å²) in [6, 6.07) is 13.1. The minimum absolute atomic E-state index is 0.0330. The number of aromatic nitrogens is 3. The number of furan rings is 1. The van der Waals surface area contributed by atoms with E-state index in [2.05, 4.69) is 4.57 Å². The first kappa shape index (κ1) is 20.2. The molecule has 160 valence electrons. The molecular formula is C22H20ClN3O4S. The van der Waals surface area contributed by atoms with E-state index in [-0.39, 0.29) is 27.9 Å². The van der Waals surface area contributed by atoms with E-state index >= 15 is 0 Å². The fourth-order valence-corrected chi connectivity index (χ4v) is 5.85. The van der Waals surface area contributed by atoms with Crippen LogP contribution in [0.1, 0.15) is 16.7 Å². The van der Waals surface area contributed by atoms with Gasteiger partial charge in [-0.25, -0.2) is 4.79 Å². The van der Waals surface area contributed by atoms with Crippen LogP contribution in [0.4, 0.5) is 0 Å². The van der Waals surface area contributed by atoms with Crippen LogP contribution in [0.15, 0.2) is 56.5 Å². The summed E-state index contributed by atoms with van der Waals surface area (Å²) < 4.78 is 10.4. The number of halogens is 1. The Hall–Kier alpha value is -2.68. The first-order valence-electron chi connectivity index (χ1n) is 9.81. The first-order valence-corrected chi connectivity index (χ1v) is 11.1. The van der Waals surface area contributed by atoms with Crippen LogP contribution in [0.5, 0.6) is 0 Å². The Kier molecular flexibility index (Phi) is 4.88. The van der Waals surface area contributed by atoms with E-state index in [1.165, 1.54) is 11.6 Å². The van der Waals surface area contributed by atoms with Crippen LogP contribution in [-0.2, 0) is 20.6 Å². The maximum atomic E-state index is 13.3. The molecule has 5 rings (SSSR count). The zero-order chi connectivity index (χ0) is 21.9. The van der Waals surface area contributed by atoms with E-state index in [1.54, 1.807) is 30.9 Å². The third kappa shape index (κ3) is 3.01. The Morgan fingerprint density at radius 2 is 1.87 bits per heavy atom. The molecule has 0 radical (unpaired) electrons. The summed E-state index contributed by atoms with van der Waals surface area (Å²) in [5.74, 6) is 0.613. The minimum Gasteiger partial charge on any atom is -0.448 e. The second kappa shape index (κ2) is 7.47. The lowest BCUT2D eigenvalue weighted by atomic mass is 10.1. The van der Waals surface area contributed by atoms with Crippen LogP contribution in [0.3, 0.4) is 0 Å². The summed E-state index contributed by atoms with van der Waals surface area (Å²) in [7, 11) is 3.17. The summed E-state index contributed by atoms with van der Waals surface area (Å²) in [5.41, 5.74) is 2.24. The van der Waals surface area contributed by atoms with Gasteiger partial charge in [-0.15, -0.1) is 11.8 Å². The van der Waals surface area contributed by atoms with Crippen LogP contribution in [-0.4, -0.2) is 30.7 Å². The van der Waals surface area contributed by atoms with Crippen LogP contribution < -0.4 is 11.2 Å². The summed E-state index contributed by atoms with van der Waals surface area (Å²) in [6.07, 6.45) is 0. The number of hydrogen-bond acceptors (Lipinski definition) is 5. The third-order valence-corrected chi connectivity index (χ3v) is 7.38. The zero-order valence-corrected chi connectivity index (χ0v) is 18.5. The molecular weight excluding hydrogens is 438 g/mol. The van der Waals surface area contributed by atoms with Gasteiger partial charge in [0.2, 0.25) is 0 Å². The molecule has 31 heavy (non-hydrogen) atoms. The third-order valence-electron chi connectivity index (χ3n) is 5.77. The molecule has 1 aromatic carbocycles. The molecule has 0 spiro atoms. The second-order valence-corrected chi connectivity index (χ2v) is 9.39. The highest BCUT2D eigenvalue weighted by Crippen LogP contribution is 2.48. The normalized spacial score (nSPS) is 18.5. The number of fused-ring (bicyclic) bond motifs is 3. The summed E-state index contributed by atoms with van der Waals surface area (Å²) in [5, 5.41) is 10.3. The summed E-state index contributed by atoms with van der Waals surface area (Å²) >= 11 is 7.60. The molecule has 1 aliphatic rings. The lowest BCUT2D eigenvalue weighted by molar-refractivity contribution is 0.283. The quantitative estimate of drug-likeness (QED) is 0.511. The average molecular weight is 458 g/mol. The van der Waals surface area contributed by atoms with Gasteiger partial charge in [-0.2, -0.15) is 0 Å². The molecule has 2 unspecified atom stereocenters. The smallest absolute Gasteiger partial charge is 0.331 e. The zero-order valence-electron chi connectivity index (χ0n) is 16.9. The number of nitrogens with zero attached hydrogens (tertiary/aromatic N) is 3. The number of benzene rings is 1. The minimum atomic E-state index is -0.393. The molecule has 1 N–H and O–H groups in total. The van der Waals surface area contributed by atoms with Gasteiger partial charge < -0.3 is 14.1 Å². The van der Waals surface area contributed by atoms with Crippen molar-refractivity contribution in [2.75, 3.05) is 6.61 Å². The number of hydrogen-bond donors (Lipinski definition) is 1. The van der Waals surface area contributed by atoms with E-state index in [9.17, 15) is 14.7 Å². The summed E-state index contributed by atoms with van der Waals surface area (Å²) in [6.45, 7) is 0.465. The fraction of sp³-hybridized carbons (Fsp3) is 0.273. The van der Waals surface area contributed by atoms with Gasteiger partial charge in [0.1, 0.15) is 11.0 Å². The van der Waals surface area contributed by atoms with Crippen molar-refractivity contribution in [1.29, 1.82) is 0 Å². The molecule has 0 bridgehead atoms. The van der Waals surface area contributed by atoms with Crippen molar-refractivity contribution in [3.05, 3.63) is 80.0 Å². The van der Waals surface area contributed by atoms with Gasteiger partial charge in [-0.1, -0.05) is 30.3 Å². The highest BCUT2D eigenvalue weighted by Gasteiger charge is 2.37. The number of aliphatic hydroxyl groups excluding tert-OH is 1. The molecule has 0 saturated heterocycles. The van der Waals surface area contributed by atoms with Crippen LogP contribution in [0.2, 0.25) is 5.22 Å². The fourth-order valence-electron chi connectivity index (χ4n) is 4.37. The topological polar surface area (TPSA) is 82.3 Å². The van der Waals surface area contributed by atoms with Crippen LogP contribution >= 0.6 is 23.4 Å². The molecule has 0 saturated carbocycles. The van der Waals surface area contributed by atoms with Crippen molar-refractivity contribution in [2.24, 2.45) is 14.1 Å². The van der Waals surface area contributed by atoms with Crippen molar-refractivity contribution < 1.29 is 9.52 Å². The molecule has 4 aromatic rings. The number of thioether (sulfide) groups is 1. The van der Waals surface area contributed by atoms with Crippen molar-refractivity contribution in [3.8, 4) is 11.3 Å². The van der Waals surface area contributed by atoms with E-state index in [1.807, 2.05) is 30.3 Å². The van der Waals surface area contributed by atoms with Gasteiger partial charge >= 0.3 is 5.69 Å². The number of rotatable bonds is 3. The lowest BCUT2D eigenvalue weighted by Gasteiger charge is -2.30. The van der Waals surface area contributed by atoms with Gasteiger partial charge in [0.05, 0.1) is 28.9 Å². The Balaban J connectivity index is 1.97. The lowest BCUT2D eigenvalue weighted by Crippen LogP contribution is -2.37. The van der Waals surface area contributed by atoms with Crippen LogP contribution in [0, 0.1) is 0 Å². The monoisotopic (exact) mass is 457 g/mol. The van der Waals surface area contributed by atoms with Crippen molar-refractivity contribution >= 4 is 34.3 Å². The Bertz CT molecular complexity index is 1420. The molecule has 0 amide bonds. The van der Waals surface area contributed by atoms with Gasteiger partial charge in [0.15, 0.2) is 5.22 Å².